The Labute approximate surface area is 166 Å². The van der Waals surface area contributed by atoms with Gasteiger partial charge >= 0.3 is 0 Å². The highest BCUT2D eigenvalue weighted by molar-refractivity contribution is 6.08. The van der Waals surface area contributed by atoms with Gasteiger partial charge in [-0.25, -0.2) is 13.5 Å². The highest BCUT2D eigenvalue weighted by Crippen LogP contribution is 2.23. The largest absolute Gasteiger partial charge is 0.339 e. The molecule has 0 aliphatic heterocycles. The van der Waals surface area contributed by atoms with Crippen LogP contribution in [0.3, 0.4) is 0 Å². The van der Waals surface area contributed by atoms with E-state index >= 15 is 0 Å². The van der Waals surface area contributed by atoms with Crippen molar-refractivity contribution in [2.45, 2.75) is 13.8 Å². The van der Waals surface area contributed by atoms with Crippen molar-refractivity contribution in [2.75, 3.05) is 18.4 Å². The van der Waals surface area contributed by atoms with Crippen molar-refractivity contribution in [1.82, 2.24) is 14.7 Å². The summed E-state index contributed by atoms with van der Waals surface area (Å²) in [6.07, 6.45) is 1.38. The molecule has 2 aromatic carbocycles. The first-order valence-electron chi connectivity index (χ1n) is 9.15. The molecule has 1 aromatic heterocycles. The summed E-state index contributed by atoms with van der Waals surface area (Å²) >= 11 is 0. The smallest absolute Gasteiger partial charge is 0.259 e. The summed E-state index contributed by atoms with van der Waals surface area (Å²) in [4.78, 5) is 27.2. The molecule has 6 nitrogen and oxygen atoms in total. The van der Waals surface area contributed by atoms with Crippen LogP contribution in [0.25, 0.3) is 5.69 Å². The number of carbonyl (C=O) groups is 2. The first-order chi connectivity index (χ1) is 14.0. The highest BCUT2D eigenvalue weighted by atomic mass is 19.2. The van der Waals surface area contributed by atoms with E-state index in [9.17, 15) is 18.4 Å². The molecule has 0 aliphatic rings. The van der Waals surface area contributed by atoms with Crippen molar-refractivity contribution < 1.29 is 18.4 Å². The van der Waals surface area contributed by atoms with E-state index in [0.29, 0.717) is 18.8 Å². The number of aromatic nitrogens is 2. The molecule has 0 saturated heterocycles. The third-order valence-electron chi connectivity index (χ3n) is 4.46. The Morgan fingerprint density at radius 3 is 2.34 bits per heavy atom. The van der Waals surface area contributed by atoms with Gasteiger partial charge in [0.25, 0.3) is 11.8 Å². The lowest BCUT2D eigenvalue weighted by molar-refractivity contribution is 0.0774. The number of amides is 2. The molecule has 0 atom stereocenters. The molecule has 3 aromatic rings. The van der Waals surface area contributed by atoms with Crippen LogP contribution in [0.2, 0.25) is 0 Å². The van der Waals surface area contributed by atoms with Gasteiger partial charge in [-0.2, -0.15) is 5.10 Å². The second-order valence-electron chi connectivity index (χ2n) is 6.21. The summed E-state index contributed by atoms with van der Waals surface area (Å²) in [5.74, 6) is -3.00. The minimum atomic E-state index is -1.13. The first kappa shape index (κ1) is 20.2. The van der Waals surface area contributed by atoms with Gasteiger partial charge in [0.05, 0.1) is 11.9 Å². The molecule has 29 heavy (non-hydrogen) atoms. The molecular formula is C21H20F2N4O2. The van der Waals surface area contributed by atoms with E-state index in [4.69, 9.17) is 0 Å². The molecule has 0 aliphatic carbocycles. The lowest BCUT2D eigenvalue weighted by Crippen LogP contribution is -2.31. The normalized spacial score (nSPS) is 10.6. The molecule has 1 heterocycles. The number of rotatable bonds is 6. The van der Waals surface area contributed by atoms with Gasteiger partial charge in [0.1, 0.15) is 11.4 Å². The molecule has 0 unspecified atom stereocenters. The number of para-hydroxylation sites is 1. The Morgan fingerprint density at radius 2 is 1.72 bits per heavy atom. The highest BCUT2D eigenvalue weighted by Gasteiger charge is 2.24. The van der Waals surface area contributed by atoms with Crippen molar-refractivity contribution in [2.24, 2.45) is 0 Å². The maximum absolute atomic E-state index is 13.5. The summed E-state index contributed by atoms with van der Waals surface area (Å²) in [7, 11) is 0. The maximum atomic E-state index is 13.5. The predicted molar refractivity (Wildman–Crippen MR) is 105 cm³/mol. The Balaban J connectivity index is 2.04. The van der Waals surface area contributed by atoms with Crippen molar-refractivity contribution >= 4 is 17.6 Å². The Kier molecular flexibility index (Phi) is 6.01. The Bertz CT molecular complexity index is 1030. The van der Waals surface area contributed by atoms with Gasteiger partial charge < -0.3 is 10.2 Å². The monoisotopic (exact) mass is 398 g/mol. The van der Waals surface area contributed by atoms with Gasteiger partial charge in [-0.05, 0) is 44.2 Å². The zero-order chi connectivity index (χ0) is 21.0. The van der Waals surface area contributed by atoms with Gasteiger partial charge in [-0.15, -0.1) is 0 Å². The maximum Gasteiger partial charge on any atom is 0.259 e. The average Bonchev–Trinajstić information content (AvgIpc) is 3.14. The summed E-state index contributed by atoms with van der Waals surface area (Å²) in [6, 6.07) is 11.8. The van der Waals surface area contributed by atoms with Crippen LogP contribution in [0.1, 0.15) is 34.6 Å². The van der Waals surface area contributed by atoms with E-state index in [2.05, 4.69) is 10.4 Å². The molecule has 2 amide bonds. The molecule has 0 spiro atoms. The van der Waals surface area contributed by atoms with Crippen molar-refractivity contribution in [3.05, 3.63) is 77.5 Å². The second-order valence-corrected chi connectivity index (χ2v) is 6.21. The number of nitrogens with one attached hydrogen (secondary N) is 1. The quantitative estimate of drug-likeness (QED) is 0.685. The third-order valence-corrected chi connectivity index (χ3v) is 4.46. The van der Waals surface area contributed by atoms with Crippen LogP contribution in [0.5, 0.6) is 0 Å². The van der Waals surface area contributed by atoms with Crippen LogP contribution in [0.15, 0.2) is 54.7 Å². The fraction of sp³-hybridized carbons (Fsp3) is 0.190. The van der Waals surface area contributed by atoms with Crippen molar-refractivity contribution in [3.8, 4) is 5.69 Å². The first-order valence-corrected chi connectivity index (χ1v) is 9.15. The van der Waals surface area contributed by atoms with Gasteiger partial charge in [0.15, 0.2) is 11.6 Å². The topological polar surface area (TPSA) is 67.2 Å². The summed E-state index contributed by atoms with van der Waals surface area (Å²) in [5.41, 5.74) is 0.756. The summed E-state index contributed by atoms with van der Waals surface area (Å²) in [5, 5.41) is 6.89. The van der Waals surface area contributed by atoms with Crippen LogP contribution in [-0.2, 0) is 0 Å². The van der Waals surface area contributed by atoms with Crippen LogP contribution >= 0.6 is 0 Å². The SMILES string of the molecule is CCN(CC)C(=O)c1cnn(-c2ccccc2)c1NC(=O)c1ccc(F)c(F)c1. The van der Waals surface area contributed by atoms with E-state index in [1.165, 1.54) is 16.9 Å². The van der Waals surface area contributed by atoms with E-state index in [1.807, 2.05) is 19.9 Å². The van der Waals surface area contributed by atoms with Gasteiger partial charge in [-0.3, -0.25) is 9.59 Å². The van der Waals surface area contributed by atoms with E-state index < -0.39 is 17.5 Å². The Morgan fingerprint density at radius 1 is 1.03 bits per heavy atom. The van der Waals surface area contributed by atoms with Crippen LogP contribution < -0.4 is 5.32 Å². The minimum absolute atomic E-state index is 0.0778. The van der Waals surface area contributed by atoms with E-state index in [1.54, 1.807) is 29.2 Å². The molecule has 0 bridgehead atoms. The molecule has 0 radical (unpaired) electrons. The van der Waals surface area contributed by atoms with Crippen LogP contribution in [0.4, 0.5) is 14.6 Å². The van der Waals surface area contributed by atoms with Crippen LogP contribution in [-0.4, -0.2) is 39.6 Å². The molecule has 1 N–H and O–H groups in total. The number of carbonyl (C=O) groups excluding carboxylic acids is 2. The second kappa shape index (κ2) is 8.64. The molecule has 150 valence electrons. The van der Waals surface area contributed by atoms with Crippen molar-refractivity contribution in [1.29, 1.82) is 0 Å². The number of halogens is 2. The standard InChI is InChI=1S/C21H20F2N4O2/c1-3-26(4-2)21(29)16-13-24-27(15-8-6-5-7-9-15)19(16)25-20(28)14-10-11-17(22)18(23)12-14/h5-13H,3-4H2,1-2H3,(H,25,28). The van der Waals surface area contributed by atoms with Crippen molar-refractivity contribution in [3.63, 3.8) is 0 Å². The zero-order valence-electron chi connectivity index (χ0n) is 16.0. The number of benzene rings is 2. The molecule has 3 rings (SSSR count). The molecule has 8 heteroatoms. The fourth-order valence-corrected chi connectivity index (χ4v) is 2.89. The minimum Gasteiger partial charge on any atom is -0.339 e. The van der Waals surface area contributed by atoms with E-state index in [0.717, 1.165) is 12.1 Å². The van der Waals surface area contributed by atoms with Crippen LogP contribution in [0, 0.1) is 11.6 Å². The lowest BCUT2D eigenvalue weighted by atomic mass is 10.2. The number of hydrogen-bond acceptors (Lipinski definition) is 3. The third kappa shape index (κ3) is 4.16. The molecular weight excluding hydrogens is 378 g/mol. The van der Waals surface area contributed by atoms with Gasteiger partial charge in [0, 0.05) is 18.7 Å². The average molecular weight is 398 g/mol. The van der Waals surface area contributed by atoms with E-state index in [-0.39, 0.29) is 22.9 Å². The Hall–Kier alpha value is -3.55. The zero-order valence-corrected chi connectivity index (χ0v) is 16.0. The van der Waals surface area contributed by atoms with Gasteiger partial charge in [-0.1, -0.05) is 18.2 Å². The number of nitrogens with zero attached hydrogens (tertiary/aromatic N) is 3. The number of anilines is 1. The molecule has 0 saturated carbocycles. The van der Waals surface area contributed by atoms with Gasteiger partial charge in [0.2, 0.25) is 0 Å². The summed E-state index contributed by atoms with van der Waals surface area (Å²) < 4.78 is 28.1. The predicted octanol–water partition coefficient (Wildman–Crippen LogP) is 3.88. The number of hydrogen-bond donors (Lipinski definition) is 1. The lowest BCUT2D eigenvalue weighted by Gasteiger charge is -2.19. The summed E-state index contributed by atoms with van der Waals surface area (Å²) in [6.45, 7) is 4.68. The molecule has 0 fully saturated rings. The fourth-order valence-electron chi connectivity index (χ4n) is 2.89.